The standard InChI is InChI=1S/C8H15NO/c1-6(2)7(9)8(10)4-3-5-8/h6,9-10H,3-5H2,1-2H3. The number of hydrogen-bond donors (Lipinski definition) is 2. The Morgan fingerprint density at radius 1 is 1.50 bits per heavy atom. The molecule has 0 aromatic heterocycles. The minimum atomic E-state index is -0.714. The van der Waals surface area contributed by atoms with E-state index in [-0.39, 0.29) is 5.92 Å². The monoisotopic (exact) mass is 141 g/mol. The summed E-state index contributed by atoms with van der Waals surface area (Å²) in [6.07, 6.45) is 2.67. The van der Waals surface area contributed by atoms with Gasteiger partial charge in [0.15, 0.2) is 0 Å². The van der Waals surface area contributed by atoms with Gasteiger partial charge in [-0.05, 0) is 25.2 Å². The van der Waals surface area contributed by atoms with Crippen LogP contribution < -0.4 is 0 Å². The lowest BCUT2D eigenvalue weighted by Crippen LogP contribution is -2.46. The van der Waals surface area contributed by atoms with Crippen molar-refractivity contribution < 1.29 is 5.11 Å². The third-order valence-electron chi connectivity index (χ3n) is 2.26. The lowest BCUT2D eigenvalue weighted by molar-refractivity contribution is 0.0293. The van der Waals surface area contributed by atoms with Gasteiger partial charge in [-0.2, -0.15) is 0 Å². The summed E-state index contributed by atoms with van der Waals surface area (Å²) < 4.78 is 0. The molecule has 1 fully saturated rings. The van der Waals surface area contributed by atoms with E-state index < -0.39 is 5.60 Å². The average molecular weight is 141 g/mol. The molecule has 1 aliphatic carbocycles. The molecule has 0 aliphatic heterocycles. The molecule has 0 aromatic rings. The third-order valence-corrected chi connectivity index (χ3v) is 2.26. The van der Waals surface area contributed by atoms with Crippen LogP contribution in [0.1, 0.15) is 33.1 Å². The molecule has 0 radical (unpaired) electrons. The Labute approximate surface area is 61.8 Å². The van der Waals surface area contributed by atoms with Gasteiger partial charge < -0.3 is 10.5 Å². The average Bonchev–Trinajstić information content (AvgIpc) is 1.81. The van der Waals surface area contributed by atoms with Gasteiger partial charge in [0.2, 0.25) is 0 Å². The van der Waals surface area contributed by atoms with E-state index in [2.05, 4.69) is 0 Å². The molecular formula is C8H15NO. The second-order valence-corrected chi connectivity index (χ2v) is 3.45. The van der Waals surface area contributed by atoms with Gasteiger partial charge in [0.1, 0.15) is 5.60 Å². The normalized spacial score (nSPS) is 22.4. The number of rotatable bonds is 2. The van der Waals surface area contributed by atoms with Crippen LogP contribution in [-0.2, 0) is 0 Å². The molecule has 0 unspecified atom stereocenters. The minimum absolute atomic E-state index is 0.199. The lowest BCUT2D eigenvalue weighted by atomic mass is 9.73. The van der Waals surface area contributed by atoms with Gasteiger partial charge in [-0.1, -0.05) is 13.8 Å². The van der Waals surface area contributed by atoms with Crippen molar-refractivity contribution in [3.8, 4) is 0 Å². The highest BCUT2D eigenvalue weighted by atomic mass is 16.3. The maximum Gasteiger partial charge on any atom is 0.102 e. The van der Waals surface area contributed by atoms with E-state index in [1.807, 2.05) is 13.8 Å². The van der Waals surface area contributed by atoms with Gasteiger partial charge in [0, 0.05) is 5.71 Å². The molecule has 1 rings (SSSR count). The van der Waals surface area contributed by atoms with Gasteiger partial charge >= 0.3 is 0 Å². The van der Waals surface area contributed by atoms with Crippen LogP contribution in [0.5, 0.6) is 0 Å². The van der Waals surface area contributed by atoms with Crippen LogP contribution in [0.4, 0.5) is 0 Å². The molecule has 0 amide bonds. The highest BCUT2D eigenvalue weighted by Crippen LogP contribution is 2.34. The number of nitrogens with one attached hydrogen (secondary N) is 1. The number of aliphatic hydroxyl groups is 1. The van der Waals surface area contributed by atoms with E-state index in [0.717, 1.165) is 19.3 Å². The van der Waals surface area contributed by atoms with Gasteiger partial charge in [-0.25, -0.2) is 0 Å². The lowest BCUT2D eigenvalue weighted by Gasteiger charge is -2.38. The van der Waals surface area contributed by atoms with Crippen LogP contribution in [0.15, 0.2) is 0 Å². The summed E-state index contributed by atoms with van der Waals surface area (Å²) in [5, 5.41) is 17.2. The molecule has 0 bridgehead atoms. The summed E-state index contributed by atoms with van der Waals surface area (Å²) in [7, 11) is 0. The first kappa shape index (κ1) is 7.73. The van der Waals surface area contributed by atoms with Crippen molar-refractivity contribution >= 4 is 5.71 Å². The molecule has 10 heavy (non-hydrogen) atoms. The third kappa shape index (κ3) is 1.08. The molecule has 0 saturated heterocycles. The molecule has 0 heterocycles. The van der Waals surface area contributed by atoms with Crippen molar-refractivity contribution in [2.24, 2.45) is 5.92 Å². The van der Waals surface area contributed by atoms with Crippen LogP contribution in [-0.4, -0.2) is 16.4 Å². The van der Waals surface area contributed by atoms with Gasteiger partial charge in [0.25, 0.3) is 0 Å². The fraction of sp³-hybridized carbons (Fsp3) is 0.875. The first-order valence-electron chi connectivity index (χ1n) is 3.87. The quantitative estimate of drug-likeness (QED) is 0.563. The van der Waals surface area contributed by atoms with E-state index >= 15 is 0 Å². The van der Waals surface area contributed by atoms with E-state index in [0.29, 0.717) is 5.71 Å². The summed E-state index contributed by atoms with van der Waals surface area (Å²) in [6, 6.07) is 0. The molecule has 2 N–H and O–H groups in total. The van der Waals surface area contributed by atoms with Gasteiger partial charge in [0.05, 0.1) is 0 Å². The summed E-state index contributed by atoms with van der Waals surface area (Å²) in [5.41, 5.74) is -0.201. The zero-order valence-corrected chi connectivity index (χ0v) is 6.65. The van der Waals surface area contributed by atoms with Crippen molar-refractivity contribution in [2.75, 3.05) is 0 Å². The largest absolute Gasteiger partial charge is 0.384 e. The van der Waals surface area contributed by atoms with E-state index in [9.17, 15) is 5.11 Å². The Morgan fingerprint density at radius 3 is 2.10 bits per heavy atom. The zero-order valence-electron chi connectivity index (χ0n) is 6.65. The summed E-state index contributed by atoms with van der Waals surface area (Å²) in [5.74, 6) is 0.199. The fourth-order valence-electron chi connectivity index (χ4n) is 1.32. The van der Waals surface area contributed by atoms with Crippen molar-refractivity contribution in [1.82, 2.24) is 0 Å². The molecular weight excluding hydrogens is 126 g/mol. The molecule has 1 aliphatic rings. The molecule has 0 atom stereocenters. The molecule has 2 heteroatoms. The Bertz CT molecular complexity index is 147. The highest BCUT2D eigenvalue weighted by molar-refractivity contribution is 5.91. The van der Waals surface area contributed by atoms with Crippen molar-refractivity contribution in [1.29, 1.82) is 5.41 Å². The van der Waals surface area contributed by atoms with Crippen LogP contribution in [0.25, 0.3) is 0 Å². The summed E-state index contributed by atoms with van der Waals surface area (Å²) in [4.78, 5) is 0. The van der Waals surface area contributed by atoms with Crippen LogP contribution in [0, 0.1) is 11.3 Å². The van der Waals surface area contributed by atoms with Gasteiger partial charge in [-0.15, -0.1) is 0 Å². The van der Waals surface area contributed by atoms with Crippen molar-refractivity contribution in [3.05, 3.63) is 0 Å². The Morgan fingerprint density at radius 2 is 2.00 bits per heavy atom. The molecule has 0 spiro atoms. The van der Waals surface area contributed by atoms with Crippen molar-refractivity contribution in [3.63, 3.8) is 0 Å². The topological polar surface area (TPSA) is 44.1 Å². The maximum absolute atomic E-state index is 9.62. The molecule has 0 aromatic carbocycles. The smallest absolute Gasteiger partial charge is 0.102 e. The van der Waals surface area contributed by atoms with Gasteiger partial charge in [-0.3, -0.25) is 0 Å². The first-order chi connectivity index (χ1) is 4.56. The fourth-order valence-corrected chi connectivity index (χ4v) is 1.32. The van der Waals surface area contributed by atoms with E-state index in [4.69, 9.17) is 5.41 Å². The molecule has 2 nitrogen and oxygen atoms in total. The second-order valence-electron chi connectivity index (χ2n) is 3.45. The predicted octanol–water partition coefficient (Wildman–Crippen LogP) is 1.58. The van der Waals surface area contributed by atoms with Crippen molar-refractivity contribution in [2.45, 2.75) is 38.7 Å². The Hall–Kier alpha value is -0.370. The van der Waals surface area contributed by atoms with Crippen LogP contribution in [0.2, 0.25) is 0 Å². The van der Waals surface area contributed by atoms with Crippen LogP contribution in [0.3, 0.4) is 0 Å². The zero-order chi connectivity index (χ0) is 7.78. The number of hydrogen-bond acceptors (Lipinski definition) is 2. The Kier molecular flexibility index (Phi) is 1.82. The predicted molar refractivity (Wildman–Crippen MR) is 41.4 cm³/mol. The van der Waals surface area contributed by atoms with Crippen LogP contribution >= 0.6 is 0 Å². The minimum Gasteiger partial charge on any atom is -0.384 e. The molecule has 58 valence electrons. The van der Waals surface area contributed by atoms with E-state index in [1.165, 1.54) is 0 Å². The maximum atomic E-state index is 9.62. The summed E-state index contributed by atoms with van der Waals surface area (Å²) in [6.45, 7) is 3.91. The molecule has 1 saturated carbocycles. The summed E-state index contributed by atoms with van der Waals surface area (Å²) >= 11 is 0. The second kappa shape index (κ2) is 2.35. The Balaban J connectivity index is 2.55. The first-order valence-corrected chi connectivity index (χ1v) is 3.87. The SMILES string of the molecule is CC(C)C(=N)C1(O)CCC1. The highest BCUT2D eigenvalue weighted by Gasteiger charge is 2.39. The van der Waals surface area contributed by atoms with E-state index in [1.54, 1.807) is 0 Å².